The van der Waals surface area contributed by atoms with E-state index in [4.69, 9.17) is 9.47 Å². The summed E-state index contributed by atoms with van der Waals surface area (Å²) in [5.41, 5.74) is 2.97. The standard InChI is InChI=1S/C17H27NO2/c1-14(2)19-11-4-9-18-10-12-20-17-8-7-15-5-3-6-16(15)13-17/h7-8,13-14,18H,3-6,9-12H2,1-2H3. The van der Waals surface area contributed by atoms with E-state index in [1.54, 1.807) is 0 Å². The monoisotopic (exact) mass is 277 g/mol. The predicted molar refractivity (Wildman–Crippen MR) is 82.5 cm³/mol. The molecule has 0 heterocycles. The van der Waals surface area contributed by atoms with Gasteiger partial charge in [-0.25, -0.2) is 0 Å². The first-order chi connectivity index (χ1) is 9.75. The second kappa shape index (κ2) is 8.28. The van der Waals surface area contributed by atoms with Crippen LogP contribution in [0.25, 0.3) is 0 Å². The van der Waals surface area contributed by atoms with E-state index in [1.165, 1.54) is 30.4 Å². The van der Waals surface area contributed by atoms with Crippen LogP contribution in [0, 0.1) is 0 Å². The molecule has 0 fully saturated rings. The summed E-state index contributed by atoms with van der Waals surface area (Å²) in [6.07, 6.45) is 5.12. The highest BCUT2D eigenvalue weighted by molar-refractivity contribution is 5.38. The molecule has 0 aliphatic heterocycles. The van der Waals surface area contributed by atoms with Gasteiger partial charge in [0.2, 0.25) is 0 Å². The highest BCUT2D eigenvalue weighted by atomic mass is 16.5. The van der Waals surface area contributed by atoms with E-state index < -0.39 is 0 Å². The maximum Gasteiger partial charge on any atom is 0.119 e. The van der Waals surface area contributed by atoms with E-state index in [0.29, 0.717) is 6.10 Å². The smallest absolute Gasteiger partial charge is 0.119 e. The Hall–Kier alpha value is -1.06. The van der Waals surface area contributed by atoms with Crippen molar-refractivity contribution in [2.45, 2.75) is 45.6 Å². The number of aryl methyl sites for hydroxylation is 2. The Labute approximate surface area is 122 Å². The second-order valence-electron chi connectivity index (χ2n) is 5.66. The van der Waals surface area contributed by atoms with E-state index in [1.807, 2.05) is 0 Å². The van der Waals surface area contributed by atoms with Gasteiger partial charge >= 0.3 is 0 Å². The van der Waals surface area contributed by atoms with Gasteiger partial charge in [0.15, 0.2) is 0 Å². The lowest BCUT2D eigenvalue weighted by Gasteiger charge is -2.10. The third-order valence-corrected chi connectivity index (χ3v) is 3.57. The molecule has 3 nitrogen and oxygen atoms in total. The molecule has 1 aliphatic rings. The Morgan fingerprint density at radius 3 is 2.80 bits per heavy atom. The third-order valence-electron chi connectivity index (χ3n) is 3.57. The lowest BCUT2D eigenvalue weighted by molar-refractivity contribution is 0.0770. The zero-order chi connectivity index (χ0) is 14.2. The van der Waals surface area contributed by atoms with Crippen LogP contribution in [0.3, 0.4) is 0 Å². The number of fused-ring (bicyclic) bond motifs is 1. The van der Waals surface area contributed by atoms with Crippen LogP contribution in [0.1, 0.15) is 37.8 Å². The molecule has 0 unspecified atom stereocenters. The summed E-state index contributed by atoms with van der Waals surface area (Å²) in [5.74, 6) is 1.01. The number of nitrogens with one attached hydrogen (secondary N) is 1. The summed E-state index contributed by atoms with van der Waals surface area (Å²) >= 11 is 0. The molecule has 0 amide bonds. The van der Waals surface area contributed by atoms with Gasteiger partial charge in [0, 0.05) is 13.2 Å². The first-order valence-corrected chi connectivity index (χ1v) is 7.82. The molecule has 1 aromatic rings. The average molecular weight is 277 g/mol. The van der Waals surface area contributed by atoms with E-state index in [-0.39, 0.29) is 0 Å². The van der Waals surface area contributed by atoms with Crippen molar-refractivity contribution in [1.82, 2.24) is 5.32 Å². The van der Waals surface area contributed by atoms with Gasteiger partial charge in [0.1, 0.15) is 12.4 Å². The van der Waals surface area contributed by atoms with Crippen molar-refractivity contribution in [2.75, 3.05) is 26.3 Å². The molecular formula is C17H27NO2. The maximum atomic E-state index is 5.78. The van der Waals surface area contributed by atoms with Crippen LogP contribution in [0.5, 0.6) is 5.75 Å². The molecule has 2 rings (SSSR count). The van der Waals surface area contributed by atoms with E-state index >= 15 is 0 Å². The second-order valence-corrected chi connectivity index (χ2v) is 5.66. The normalized spacial score (nSPS) is 13.8. The summed E-state index contributed by atoms with van der Waals surface area (Å²) in [6.45, 7) is 7.56. The third kappa shape index (κ3) is 5.14. The lowest BCUT2D eigenvalue weighted by Crippen LogP contribution is -2.23. The fraction of sp³-hybridized carbons (Fsp3) is 0.647. The van der Waals surface area contributed by atoms with Gasteiger partial charge in [0.25, 0.3) is 0 Å². The fourth-order valence-corrected chi connectivity index (χ4v) is 2.52. The van der Waals surface area contributed by atoms with Crippen molar-refractivity contribution < 1.29 is 9.47 Å². The topological polar surface area (TPSA) is 30.5 Å². The van der Waals surface area contributed by atoms with E-state index in [2.05, 4.69) is 37.4 Å². The highest BCUT2D eigenvalue weighted by Crippen LogP contribution is 2.25. The number of rotatable bonds is 9. The van der Waals surface area contributed by atoms with E-state index in [9.17, 15) is 0 Å². The molecule has 1 aliphatic carbocycles. The quantitative estimate of drug-likeness (QED) is 0.704. The summed E-state index contributed by atoms with van der Waals surface area (Å²) in [4.78, 5) is 0. The van der Waals surface area contributed by atoms with Crippen molar-refractivity contribution >= 4 is 0 Å². The van der Waals surface area contributed by atoms with Crippen LogP contribution in [-0.2, 0) is 17.6 Å². The Kier molecular flexibility index (Phi) is 6.34. The molecule has 0 saturated heterocycles. The Bertz CT molecular complexity index is 404. The first kappa shape index (κ1) is 15.3. The highest BCUT2D eigenvalue weighted by Gasteiger charge is 2.10. The number of benzene rings is 1. The summed E-state index contributed by atoms with van der Waals surface area (Å²) in [7, 11) is 0. The number of hydrogen-bond donors (Lipinski definition) is 1. The van der Waals surface area contributed by atoms with Gasteiger partial charge in [-0.3, -0.25) is 0 Å². The SMILES string of the molecule is CC(C)OCCCNCCOc1ccc2c(c1)CCC2. The van der Waals surface area contributed by atoms with Crippen molar-refractivity contribution in [3.05, 3.63) is 29.3 Å². The van der Waals surface area contributed by atoms with Crippen LogP contribution in [0.4, 0.5) is 0 Å². The molecule has 1 aromatic carbocycles. The van der Waals surface area contributed by atoms with Crippen LogP contribution in [-0.4, -0.2) is 32.4 Å². The molecule has 3 heteroatoms. The first-order valence-electron chi connectivity index (χ1n) is 7.82. The van der Waals surface area contributed by atoms with Crippen LogP contribution in [0.15, 0.2) is 18.2 Å². The largest absolute Gasteiger partial charge is 0.492 e. The minimum absolute atomic E-state index is 0.332. The zero-order valence-electron chi connectivity index (χ0n) is 12.8. The Balaban J connectivity index is 1.53. The molecule has 0 atom stereocenters. The van der Waals surface area contributed by atoms with Crippen LogP contribution in [0.2, 0.25) is 0 Å². The van der Waals surface area contributed by atoms with Gasteiger partial charge in [-0.2, -0.15) is 0 Å². The molecule has 1 N–H and O–H groups in total. The summed E-state index contributed by atoms with van der Waals surface area (Å²) < 4.78 is 11.3. The van der Waals surface area contributed by atoms with E-state index in [0.717, 1.165) is 38.5 Å². The average Bonchev–Trinajstić information content (AvgIpc) is 2.89. The zero-order valence-corrected chi connectivity index (χ0v) is 12.8. The fourth-order valence-electron chi connectivity index (χ4n) is 2.52. The summed E-state index contributed by atoms with van der Waals surface area (Å²) in [6, 6.07) is 6.52. The molecule has 112 valence electrons. The van der Waals surface area contributed by atoms with Crippen molar-refractivity contribution in [1.29, 1.82) is 0 Å². The summed E-state index contributed by atoms with van der Waals surface area (Å²) in [5, 5.41) is 3.38. The predicted octanol–water partition coefficient (Wildman–Crippen LogP) is 2.96. The maximum absolute atomic E-state index is 5.78. The molecule has 0 saturated carbocycles. The van der Waals surface area contributed by atoms with Gasteiger partial charge in [0.05, 0.1) is 6.10 Å². The van der Waals surface area contributed by atoms with Crippen LogP contribution < -0.4 is 10.1 Å². The number of ether oxygens (including phenoxy) is 2. The molecule has 0 spiro atoms. The lowest BCUT2D eigenvalue weighted by atomic mass is 10.1. The Morgan fingerprint density at radius 2 is 1.95 bits per heavy atom. The Morgan fingerprint density at radius 1 is 1.10 bits per heavy atom. The minimum atomic E-state index is 0.332. The number of hydrogen-bond acceptors (Lipinski definition) is 3. The molecular weight excluding hydrogens is 250 g/mol. The van der Waals surface area contributed by atoms with Crippen molar-refractivity contribution in [2.24, 2.45) is 0 Å². The van der Waals surface area contributed by atoms with Gasteiger partial charge in [-0.05, 0) is 69.3 Å². The van der Waals surface area contributed by atoms with Crippen molar-refractivity contribution in [3.63, 3.8) is 0 Å². The minimum Gasteiger partial charge on any atom is -0.492 e. The molecule has 0 radical (unpaired) electrons. The van der Waals surface area contributed by atoms with Crippen LogP contribution >= 0.6 is 0 Å². The molecule has 20 heavy (non-hydrogen) atoms. The van der Waals surface area contributed by atoms with Gasteiger partial charge in [-0.15, -0.1) is 0 Å². The van der Waals surface area contributed by atoms with Crippen molar-refractivity contribution in [3.8, 4) is 5.75 Å². The molecule has 0 bridgehead atoms. The molecule has 0 aromatic heterocycles. The van der Waals surface area contributed by atoms with Gasteiger partial charge in [-0.1, -0.05) is 6.07 Å². The van der Waals surface area contributed by atoms with Gasteiger partial charge < -0.3 is 14.8 Å².